The second-order valence-electron chi connectivity index (χ2n) is 7.57. The van der Waals surface area contributed by atoms with Crippen molar-refractivity contribution in [3.8, 4) is 23.0 Å². The standard InChI is InChI=1S/C27H16F6O/c1-34-7-6-16-9-25(32)27(26(33)10-16)19-13-21(28)20(22(29)14-19)5-3-15-2-4-17-11-23(30)24(31)12-18(17)8-15/h2,4,8-14H,6-7H2,1H3. The monoisotopic (exact) mass is 470 g/mol. The van der Waals surface area contributed by atoms with E-state index in [1.54, 1.807) is 0 Å². The molecule has 4 rings (SSSR count). The van der Waals surface area contributed by atoms with Gasteiger partial charge in [-0.2, -0.15) is 0 Å². The third kappa shape index (κ3) is 4.78. The lowest BCUT2D eigenvalue weighted by atomic mass is 9.99. The predicted octanol–water partition coefficient (Wildman–Crippen LogP) is 6.93. The van der Waals surface area contributed by atoms with Crippen molar-refractivity contribution in [2.24, 2.45) is 0 Å². The van der Waals surface area contributed by atoms with Crippen LogP contribution in [0.15, 0.2) is 54.6 Å². The van der Waals surface area contributed by atoms with Crippen molar-refractivity contribution in [2.45, 2.75) is 6.42 Å². The van der Waals surface area contributed by atoms with Crippen molar-refractivity contribution < 1.29 is 31.1 Å². The van der Waals surface area contributed by atoms with Crippen LogP contribution in [0.4, 0.5) is 26.3 Å². The van der Waals surface area contributed by atoms with Gasteiger partial charge in [0.15, 0.2) is 11.6 Å². The molecular formula is C27H16F6O. The number of halogens is 6. The van der Waals surface area contributed by atoms with Crippen molar-refractivity contribution in [3.63, 3.8) is 0 Å². The summed E-state index contributed by atoms with van der Waals surface area (Å²) in [6.45, 7) is 0.262. The van der Waals surface area contributed by atoms with Crippen LogP contribution < -0.4 is 0 Å². The summed E-state index contributed by atoms with van der Waals surface area (Å²) in [5.74, 6) is -1.20. The van der Waals surface area contributed by atoms with Crippen LogP contribution in [0.25, 0.3) is 21.9 Å². The predicted molar refractivity (Wildman–Crippen MR) is 117 cm³/mol. The lowest BCUT2D eigenvalue weighted by Crippen LogP contribution is -2.00. The van der Waals surface area contributed by atoms with Gasteiger partial charge in [0.1, 0.15) is 23.3 Å². The first-order valence-electron chi connectivity index (χ1n) is 10.1. The Hall–Kier alpha value is -3.76. The van der Waals surface area contributed by atoms with Crippen molar-refractivity contribution >= 4 is 10.8 Å². The van der Waals surface area contributed by atoms with E-state index in [4.69, 9.17) is 4.74 Å². The summed E-state index contributed by atoms with van der Waals surface area (Å²) in [7, 11) is 1.46. The summed E-state index contributed by atoms with van der Waals surface area (Å²) in [4.78, 5) is 0. The zero-order valence-corrected chi connectivity index (χ0v) is 17.8. The van der Waals surface area contributed by atoms with E-state index in [0.717, 1.165) is 36.4 Å². The van der Waals surface area contributed by atoms with Gasteiger partial charge in [-0.15, -0.1) is 0 Å². The van der Waals surface area contributed by atoms with Crippen LogP contribution in [0.5, 0.6) is 0 Å². The summed E-state index contributed by atoms with van der Waals surface area (Å²) in [5.41, 5.74) is -0.793. The molecule has 0 aromatic heterocycles. The molecule has 0 bridgehead atoms. The summed E-state index contributed by atoms with van der Waals surface area (Å²) in [5, 5.41) is 0.797. The van der Waals surface area contributed by atoms with E-state index in [1.807, 2.05) is 0 Å². The van der Waals surface area contributed by atoms with Gasteiger partial charge in [-0.25, -0.2) is 26.3 Å². The van der Waals surface area contributed by atoms with Gasteiger partial charge in [0.25, 0.3) is 0 Å². The van der Waals surface area contributed by atoms with Crippen LogP contribution in [0, 0.1) is 46.7 Å². The molecule has 0 spiro atoms. The van der Waals surface area contributed by atoms with Crippen molar-refractivity contribution in [2.75, 3.05) is 13.7 Å². The molecule has 0 heterocycles. The van der Waals surface area contributed by atoms with Crippen molar-refractivity contribution in [3.05, 3.63) is 106 Å². The molecule has 172 valence electrons. The fourth-order valence-corrected chi connectivity index (χ4v) is 3.56. The molecule has 4 aromatic rings. The summed E-state index contributed by atoms with van der Waals surface area (Å²) in [6, 6.07) is 10.3. The first-order valence-corrected chi connectivity index (χ1v) is 10.1. The molecule has 0 unspecified atom stereocenters. The third-order valence-electron chi connectivity index (χ3n) is 5.24. The van der Waals surface area contributed by atoms with Crippen LogP contribution >= 0.6 is 0 Å². The van der Waals surface area contributed by atoms with E-state index < -0.39 is 46.0 Å². The lowest BCUT2D eigenvalue weighted by Gasteiger charge is -2.10. The quantitative estimate of drug-likeness (QED) is 0.232. The molecular weight excluding hydrogens is 454 g/mol. The van der Waals surface area contributed by atoms with Crippen LogP contribution in [-0.2, 0) is 11.2 Å². The van der Waals surface area contributed by atoms with E-state index in [0.29, 0.717) is 21.9 Å². The van der Waals surface area contributed by atoms with Gasteiger partial charge in [0.2, 0.25) is 0 Å². The maximum Gasteiger partial charge on any atom is 0.159 e. The normalized spacial score (nSPS) is 10.9. The van der Waals surface area contributed by atoms with Crippen molar-refractivity contribution in [1.82, 2.24) is 0 Å². The van der Waals surface area contributed by atoms with E-state index >= 15 is 0 Å². The minimum atomic E-state index is -1.10. The van der Waals surface area contributed by atoms with Crippen LogP contribution in [0.1, 0.15) is 16.7 Å². The Balaban J connectivity index is 1.68. The zero-order chi connectivity index (χ0) is 24.4. The van der Waals surface area contributed by atoms with Crippen molar-refractivity contribution in [1.29, 1.82) is 0 Å². The van der Waals surface area contributed by atoms with Gasteiger partial charge in [-0.05, 0) is 76.9 Å². The SMILES string of the molecule is COCCc1cc(F)c(-c2cc(F)c(C#Cc3ccc4cc(F)c(F)cc4c3)c(F)c2)c(F)c1. The Morgan fingerprint density at radius 2 is 1.26 bits per heavy atom. The molecule has 0 saturated heterocycles. The average molecular weight is 470 g/mol. The highest BCUT2D eigenvalue weighted by Crippen LogP contribution is 2.30. The fraction of sp³-hybridized carbons (Fsp3) is 0.111. The van der Waals surface area contributed by atoms with Crippen LogP contribution in [0.3, 0.4) is 0 Å². The summed E-state index contributed by atoms with van der Waals surface area (Å²) >= 11 is 0. The molecule has 4 aromatic carbocycles. The molecule has 0 radical (unpaired) electrons. The number of methoxy groups -OCH3 is 1. The second-order valence-corrected chi connectivity index (χ2v) is 7.57. The Labute approximate surface area is 191 Å². The maximum atomic E-state index is 14.7. The molecule has 0 amide bonds. The minimum absolute atomic E-state index is 0.262. The van der Waals surface area contributed by atoms with Gasteiger partial charge in [-0.1, -0.05) is 17.9 Å². The summed E-state index contributed by atoms with van der Waals surface area (Å²) < 4.78 is 90.1. The van der Waals surface area contributed by atoms with Crippen LogP contribution in [-0.4, -0.2) is 13.7 Å². The molecule has 1 nitrogen and oxygen atoms in total. The highest BCUT2D eigenvalue weighted by molar-refractivity contribution is 5.84. The van der Waals surface area contributed by atoms with Gasteiger partial charge in [0.05, 0.1) is 17.7 Å². The summed E-state index contributed by atoms with van der Waals surface area (Å²) in [6.07, 6.45) is 0.276. The largest absolute Gasteiger partial charge is 0.384 e. The number of hydrogen-bond donors (Lipinski definition) is 0. The van der Waals surface area contributed by atoms with E-state index in [1.165, 1.54) is 25.3 Å². The second kappa shape index (κ2) is 9.62. The molecule has 7 heteroatoms. The third-order valence-corrected chi connectivity index (χ3v) is 5.24. The first kappa shape index (κ1) is 23.4. The number of fused-ring (bicyclic) bond motifs is 1. The smallest absolute Gasteiger partial charge is 0.159 e. The number of benzene rings is 4. The fourth-order valence-electron chi connectivity index (χ4n) is 3.56. The number of hydrogen-bond acceptors (Lipinski definition) is 1. The topological polar surface area (TPSA) is 9.23 Å². The van der Waals surface area contributed by atoms with E-state index in [-0.39, 0.29) is 18.6 Å². The highest BCUT2D eigenvalue weighted by Gasteiger charge is 2.18. The van der Waals surface area contributed by atoms with Gasteiger partial charge >= 0.3 is 0 Å². The Bertz CT molecular complexity index is 1420. The average Bonchev–Trinajstić information content (AvgIpc) is 2.77. The highest BCUT2D eigenvalue weighted by atomic mass is 19.2. The molecule has 34 heavy (non-hydrogen) atoms. The van der Waals surface area contributed by atoms with Gasteiger partial charge in [0, 0.05) is 12.7 Å². The number of rotatable bonds is 4. The minimum Gasteiger partial charge on any atom is -0.384 e. The Kier molecular flexibility index (Phi) is 6.62. The molecule has 0 atom stereocenters. The molecule has 0 N–H and O–H groups in total. The molecule has 0 aliphatic carbocycles. The van der Waals surface area contributed by atoms with Crippen LogP contribution in [0.2, 0.25) is 0 Å². The molecule has 0 fully saturated rings. The Morgan fingerprint density at radius 3 is 1.88 bits per heavy atom. The Morgan fingerprint density at radius 1 is 0.647 bits per heavy atom. The molecule has 0 saturated carbocycles. The van der Waals surface area contributed by atoms with Gasteiger partial charge < -0.3 is 4.74 Å². The van der Waals surface area contributed by atoms with E-state index in [9.17, 15) is 26.3 Å². The van der Waals surface area contributed by atoms with E-state index in [2.05, 4.69) is 11.8 Å². The molecule has 0 aliphatic rings. The zero-order valence-electron chi connectivity index (χ0n) is 17.8. The molecule has 0 aliphatic heterocycles. The first-order chi connectivity index (χ1) is 16.3. The lowest BCUT2D eigenvalue weighted by molar-refractivity contribution is 0.202. The number of ether oxygens (including phenoxy) is 1. The maximum absolute atomic E-state index is 14.7. The van der Waals surface area contributed by atoms with Gasteiger partial charge in [-0.3, -0.25) is 0 Å².